The molecule has 1 aromatic heterocycles. The van der Waals surface area contributed by atoms with Crippen molar-refractivity contribution >= 4 is 17.2 Å². The Bertz CT molecular complexity index is 862. The van der Waals surface area contributed by atoms with Crippen LogP contribution in [-0.4, -0.2) is 18.0 Å². The van der Waals surface area contributed by atoms with Gasteiger partial charge in [-0.25, -0.2) is 9.37 Å². The summed E-state index contributed by atoms with van der Waals surface area (Å²) >= 11 is 1.53. The van der Waals surface area contributed by atoms with Crippen molar-refractivity contribution in [2.24, 2.45) is 0 Å². The highest BCUT2D eigenvalue weighted by atomic mass is 32.1. The van der Waals surface area contributed by atoms with Crippen molar-refractivity contribution in [3.05, 3.63) is 81.6 Å². The zero-order valence-electron chi connectivity index (χ0n) is 13.7. The monoisotopic (exact) mass is 356 g/mol. The number of hydrogen-bond donors (Lipinski definition) is 1. The fourth-order valence-corrected chi connectivity index (χ4v) is 3.23. The molecule has 0 fully saturated rings. The Morgan fingerprint density at radius 1 is 1.24 bits per heavy atom. The van der Waals surface area contributed by atoms with Crippen LogP contribution in [0.4, 0.5) is 4.39 Å². The Balaban J connectivity index is 1.57. The predicted octanol–water partition coefficient (Wildman–Crippen LogP) is 3.81. The van der Waals surface area contributed by atoms with Crippen molar-refractivity contribution in [3.63, 3.8) is 0 Å². The number of carbonyl (C=O) groups excluding carboxylic acids is 1. The molecule has 1 N–H and O–H groups in total. The van der Waals surface area contributed by atoms with Gasteiger partial charge in [-0.15, -0.1) is 11.3 Å². The number of aromatic nitrogens is 1. The lowest BCUT2D eigenvalue weighted by Crippen LogP contribution is -2.22. The van der Waals surface area contributed by atoms with Crippen molar-refractivity contribution in [3.8, 4) is 5.75 Å². The summed E-state index contributed by atoms with van der Waals surface area (Å²) in [7, 11) is 1.56. The van der Waals surface area contributed by atoms with Crippen LogP contribution >= 0.6 is 11.3 Å². The molecule has 2 aromatic carbocycles. The van der Waals surface area contributed by atoms with Crippen LogP contribution in [-0.2, 0) is 13.0 Å². The first-order chi connectivity index (χ1) is 12.1. The van der Waals surface area contributed by atoms with Crippen LogP contribution in [0, 0.1) is 5.82 Å². The van der Waals surface area contributed by atoms with E-state index < -0.39 is 0 Å². The maximum atomic E-state index is 12.9. The molecule has 0 atom stereocenters. The van der Waals surface area contributed by atoms with Gasteiger partial charge in [0.2, 0.25) is 0 Å². The van der Waals surface area contributed by atoms with Crippen LogP contribution < -0.4 is 10.1 Å². The number of hydrogen-bond acceptors (Lipinski definition) is 4. The average molecular weight is 356 g/mol. The summed E-state index contributed by atoms with van der Waals surface area (Å²) in [5.74, 6) is 0.228. The second-order valence-corrected chi connectivity index (χ2v) is 6.64. The van der Waals surface area contributed by atoms with Crippen molar-refractivity contribution in [2.75, 3.05) is 7.11 Å². The molecule has 4 nitrogen and oxygen atoms in total. The van der Waals surface area contributed by atoms with Gasteiger partial charge in [0.05, 0.1) is 13.7 Å². The zero-order valence-corrected chi connectivity index (χ0v) is 14.5. The molecule has 0 aliphatic rings. The summed E-state index contributed by atoms with van der Waals surface area (Å²) in [6.07, 6.45) is 2.49. The number of ether oxygens (including phenoxy) is 1. The molecule has 3 aromatic rings. The smallest absolute Gasteiger partial charge is 0.251 e. The zero-order chi connectivity index (χ0) is 17.6. The largest absolute Gasteiger partial charge is 0.497 e. The summed E-state index contributed by atoms with van der Waals surface area (Å²) < 4.78 is 18.1. The molecule has 0 bridgehead atoms. The summed E-state index contributed by atoms with van der Waals surface area (Å²) in [6.45, 7) is 0.365. The number of benzene rings is 2. The molecule has 1 amide bonds. The molecule has 0 saturated carbocycles. The molecular weight excluding hydrogens is 339 g/mol. The molecule has 1 heterocycles. The van der Waals surface area contributed by atoms with Crippen molar-refractivity contribution in [1.29, 1.82) is 0 Å². The van der Waals surface area contributed by atoms with E-state index in [0.717, 1.165) is 15.4 Å². The number of thiazole rings is 1. The predicted molar refractivity (Wildman–Crippen MR) is 95.5 cm³/mol. The highest BCUT2D eigenvalue weighted by Crippen LogP contribution is 2.18. The van der Waals surface area contributed by atoms with Gasteiger partial charge in [0, 0.05) is 23.1 Å². The number of nitrogens with zero attached hydrogens (tertiary/aromatic N) is 1. The summed E-state index contributed by atoms with van der Waals surface area (Å²) in [5.41, 5.74) is 1.57. The van der Waals surface area contributed by atoms with E-state index in [1.807, 2.05) is 0 Å². The molecule has 0 radical (unpaired) electrons. The van der Waals surface area contributed by atoms with E-state index in [1.165, 1.54) is 23.5 Å². The minimum absolute atomic E-state index is 0.172. The molecule has 0 aliphatic heterocycles. The molecular formula is C19H17FN2O2S. The molecule has 128 valence electrons. The summed E-state index contributed by atoms with van der Waals surface area (Å²) in [5, 5.41) is 3.68. The molecule has 0 unspecified atom stereocenters. The maximum absolute atomic E-state index is 12.9. The van der Waals surface area contributed by atoms with Gasteiger partial charge in [-0.1, -0.05) is 18.2 Å². The highest BCUT2D eigenvalue weighted by Gasteiger charge is 2.09. The lowest BCUT2D eigenvalue weighted by atomic mass is 10.1. The fraction of sp³-hybridized carbons (Fsp3) is 0.158. The van der Waals surface area contributed by atoms with Gasteiger partial charge in [0.1, 0.15) is 16.6 Å². The van der Waals surface area contributed by atoms with Gasteiger partial charge in [-0.05, 0) is 35.9 Å². The number of methoxy groups -OCH3 is 1. The van der Waals surface area contributed by atoms with Gasteiger partial charge in [0.15, 0.2) is 0 Å². The van der Waals surface area contributed by atoms with Crippen molar-refractivity contribution in [1.82, 2.24) is 10.3 Å². The average Bonchev–Trinajstić information content (AvgIpc) is 3.09. The van der Waals surface area contributed by atoms with Crippen LogP contribution in [0.25, 0.3) is 0 Å². The van der Waals surface area contributed by atoms with E-state index in [0.29, 0.717) is 24.3 Å². The Labute approximate surface area is 149 Å². The quantitative estimate of drug-likeness (QED) is 0.731. The second-order valence-electron chi connectivity index (χ2n) is 5.44. The second kappa shape index (κ2) is 7.90. The Morgan fingerprint density at radius 2 is 2.04 bits per heavy atom. The number of amides is 1. The highest BCUT2D eigenvalue weighted by molar-refractivity contribution is 7.11. The van der Waals surface area contributed by atoms with Gasteiger partial charge in [-0.2, -0.15) is 0 Å². The molecule has 6 heteroatoms. The van der Waals surface area contributed by atoms with E-state index in [9.17, 15) is 9.18 Å². The minimum atomic E-state index is -0.242. The van der Waals surface area contributed by atoms with Gasteiger partial charge in [0.25, 0.3) is 5.91 Å². The van der Waals surface area contributed by atoms with Gasteiger partial charge in [-0.3, -0.25) is 4.79 Å². The summed E-state index contributed by atoms with van der Waals surface area (Å²) in [4.78, 5) is 17.6. The van der Waals surface area contributed by atoms with Crippen LogP contribution in [0.2, 0.25) is 0 Å². The van der Waals surface area contributed by atoms with E-state index >= 15 is 0 Å². The first-order valence-corrected chi connectivity index (χ1v) is 8.56. The molecule has 3 rings (SSSR count). The molecule has 0 saturated heterocycles. The molecule has 25 heavy (non-hydrogen) atoms. The number of rotatable bonds is 6. The first-order valence-electron chi connectivity index (χ1n) is 7.74. The minimum Gasteiger partial charge on any atom is -0.497 e. The lowest BCUT2D eigenvalue weighted by molar-refractivity contribution is 0.0950. The SMILES string of the molecule is COc1cccc(C(=O)NCc2ncc(Cc3ccc(F)cc3)s2)c1. The van der Waals surface area contributed by atoms with Crippen LogP contribution in [0.3, 0.4) is 0 Å². The van der Waals surface area contributed by atoms with E-state index in [1.54, 1.807) is 49.7 Å². The number of nitrogens with one attached hydrogen (secondary N) is 1. The summed E-state index contributed by atoms with van der Waals surface area (Å²) in [6, 6.07) is 13.4. The van der Waals surface area contributed by atoms with E-state index in [2.05, 4.69) is 10.3 Å². The third kappa shape index (κ3) is 4.64. The van der Waals surface area contributed by atoms with Gasteiger partial charge < -0.3 is 10.1 Å². The van der Waals surface area contributed by atoms with E-state index in [4.69, 9.17) is 4.74 Å². The maximum Gasteiger partial charge on any atom is 0.251 e. The third-order valence-electron chi connectivity index (χ3n) is 3.63. The molecule has 0 spiro atoms. The van der Waals surface area contributed by atoms with Crippen LogP contribution in [0.1, 0.15) is 25.8 Å². The van der Waals surface area contributed by atoms with Crippen molar-refractivity contribution < 1.29 is 13.9 Å². The lowest BCUT2D eigenvalue weighted by Gasteiger charge is -2.05. The fourth-order valence-electron chi connectivity index (χ4n) is 2.34. The Hall–Kier alpha value is -2.73. The number of carbonyl (C=O) groups is 1. The van der Waals surface area contributed by atoms with Crippen LogP contribution in [0.5, 0.6) is 5.75 Å². The third-order valence-corrected chi connectivity index (χ3v) is 4.62. The van der Waals surface area contributed by atoms with E-state index in [-0.39, 0.29) is 11.7 Å². The first kappa shape index (κ1) is 17.1. The van der Waals surface area contributed by atoms with Crippen molar-refractivity contribution in [2.45, 2.75) is 13.0 Å². The Kier molecular flexibility index (Phi) is 5.40. The van der Waals surface area contributed by atoms with Crippen LogP contribution in [0.15, 0.2) is 54.7 Å². The topological polar surface area (TPSA) is 51.2 Å². The standard InChI is InChI=1S/C19H17FN2O2S/c1-24-16-4-2-3-14(10-16)19(23)22-12-18-21-11-17(25-18)9-13-5-7-15(20)8-6-13/h2-8,10-11H,9,12H2,1H3,(H,22,23). The number of halogens is 1. The van der Waals surface area contributed by atoms with Gasteiger partial charge >= 0.3 is 0 Å². The Morgan fingerprint density at radius 3 is 2.80 bits per heavy atom. The molecule has 0 aliphatic carbocycles. The normalized spacial score (nSPS) is 10.5.